The van der Waals surface area contributed by atoms with Crippen LogP contribution in [0.4, 0.5) is 0 Å². The van der Waals surface area contributed by atoms with Crippen LogP contribution in [0.15, 0.2) is 53.6 Å². The minimum absolute atomic E-state index is 0.348. The minimum atomic E-state index is -3.44. The molecule has 124 valence electrons. The van der Waals surface area contributed by atoms with Crippen LogP contribution in [0.5, 0.6) is 0 Å². The third-order valence-corrected chi connectivity index (χ3v) is 5.73. The number of sulfonamides is 1. The van der Waals surface area contributed by atoms with E-state index in [4.69, 9.17) is 0 Å². The molecule has 0 atom stereocenters. The van der Waals surface area contributed by atoms with Gasteiger partial charge in [-0.25, -0.2) is 12.7 Å². The fourth-order valence-corrected chi connectivity index (χ4v) is 3.50. The molecule has 1 aromatic heterocycles. The molecule has 0 aliphatic carbocycles. The zero-order valence-corrected chi connectivity index (χ0v) is 14.6. The van der Waals surface area contributed by atoms with E-state index in [0.29, 0.717) is 17.9 Å². The molecule has 0 aliphatic rings. The summed E-state index contributed by atoms with van der Waals surface area (Å²) in [7, 11) is -1.83. The molecule has 1 aromatic carbocycles. The van der Waals surface area contributed by atoms with E-state index in [0.717, 1.165) is 25.0 Å². The Morgan fingerprint density at radius 2 is 1.78 bits per heavy atom. The molecule has 2 rings (SSSR count). The topological polar surface area (TPSA) is 50.3 Å². The molecule has 0 N–H and O–H groups in total. The summed E-state index contributed by atoms with van der Waals surface area (Å²) in [6, 6.07) is 12.9. The van der Waals surface area contributed by atoms with Crippen molar-refractivity contribution in [2.24, 2.45) is 0 Å². The Morgan fingerprint density at radius 3 is 2.39 bits per heavy atom. The lowest BCUT2D eigenvalue weighted by molar-refractivity contribution is 0.471. The van der Waals surface area contributed by atoms with Gasteiger partial charge in [-0.15, -0.1) is 0 Å². The van der Waals surface area contributed by atoms with Crippen molar-refractivity contribution >= 4 is 10.0 Å². The minimum Gasteiger partial charge on any atom is -0.261 e. The summed E-state index contributed by atoms with van der Waals surface area (Å²) < 4.78 is 26.6. The smallest absolute Gasteiger partial charge is 0.242 e. The number of likely N-dealkylation sites (N-methyl/N-ethyl adjacent to an activating group) is 1. The SMILES string of the molecule is CCCCc1ccc(S(=O)(=O)N(C)CCc2ccccn2)cc1. The summed E-state index contributed by atoms with van der Waals surface area (Å²) >= 11 is 0. The Labute approximate surface area is 139 Å². The van der Waals surface area contributed by atoms with E-state index in [9.17, 15) is 8.42 Å². The molecule has 23 heavy (non-hydrogen) atoms. The lowest BCUT2D eigenvalue weighted by atomic mass is 10.1. The predicted molar refractivity (Wildman–Crippen MR) is 92.8 cm³/mol. The molecular formula is C18H24N2O2S. The Bertz CT molecular complexity index is 698. The number of unbranched alkanes of at least 4 members (excludes halogenated alkanes) is 1. The number of hydrogen-bond donors (Lipinski definition) is 0. The second-order valence-corrected chi connectivity index (χ2v) is 7.69. The zero-order valence-electron chi connectivity index (χ0n) is 13.8. The van der Waals surface area contributed by atoms with Gasteiger partial charge in [0.1, 0.15) is 0 Å². The summed E-state index contributed by atoms with van der Waals surface area (Å²) in [6.07, 6.45) is 5.57. The van der Waals surface area contributed by atoms with Gasteiger partial charge >= 0.3 is 0 Å². The van der Waals surface area contributed by atoms with Gasteiger partial charge < -0.3 is 0 Å². The van der Waals surface area contributed by atoms with E-state index in [2.05, 4.69) is 11.9 Å². The van der Waals surface area contributed by atoms with E-state index in [-0.39, 0.29) is 0 Å². The largest absolute Gasteiger partial charge is 0.261 e. The van der Waals surface area contributed by atoms with Gasteiger partial charge in [-0.05, 0) is 42.7 Å². The molecule has 0 aliphatic heterocycles. The third-order valence-electron chi connectivity index (χ3n) is 3.86. The number of pyridine rings is 1. The molecule has 0 saturated carbocycles. The molecule has 5 heteroatoms. The molecule has 0 unspecified atom stereocenters. The number of nitrogens with zero attached hydrogens (tertiary/aromatic N) is 2. The molecule has 0 fully saturated rings. The van der Waals surface area contributed by atoms with Crippen LogP contribution in [0.3, 0.4) is 0 Å². The van der Waals surface area contributed by atoms with Gasteiger partial charge in [-0.3, -0.25) is 4.98 Å². The molecule has 2 aromatic rings. The Balaban J connectivity index is 2.02. The van der Waals surface area contributed by atoms with Crippen molar-refractivity contribution in [3.63, 3.8) is 0 Å². The lowest BCUT2D eigenvalue weighted by Gasteiger charge is -2.17. The number of aromatic nitrogens is 1. The fraction of sp³-hybridized carbons (Fsp3) is 0.389. The summed E-state index contributed by atoms with van der Waals surface area (Å²) in [5, 5.41) is 0. The maximum Gasteiger partial charge on any atom is 0.242 e. The van der Waals surface area contributed by atoms with Crippen molar-refractivity contribution in [1.82, 2.24) is 9.29 Å². The van der Waals surface area contributed by atoms with Gasteiger partial charge in [-0.1, -0.05) is 31.5 Å². The van der Waals surface area contributed by atoms with Crippen molar-refractivity contribution in [2.75, 3.05) is 13.6 Å². The molecule has 0 amide bonds. The van der Waals surface area contributed by atoms with Crippen molar-refractivity contribution in [3.8, 4) is 0 Å². The van der Waals surface area contributed by atoms with E-state index in [1.165, 1.54) is 9.87 Å². The van der Waals surface area contributed by atoms with Crippen LogP contribution in [0, 0.1) is 0 Å². The van der Waals surface area contributed by atoms with Crippen LogP contribution in [0.2, 0.25) is 0 Å². The van der Waals surface area contributed by atoms with Crippen LogP contribution in [-0.4, -0.2) is 31.3 Å². The van der Waals surface area contributed by atoms with Crippen LogP contribution < -0.4 is 0 Å². The first-order valence-electron chi connectivity index (χ1n) is 7.99. The highest BCUT2D eigenvalue weighted by Crippen LogP contribution is 2.16. The normalized spacial score (nSPS) is 11.8. The van der Waals surface area contributed by atoms with Gasteiger partial charge in [-0.2, -0.15) is 0 Å². The third kappa shape index (κ3) is 4.88. The van der Waals surface area contributed by atoms with Crippen LogP contribution >= 0.6 is 0 Å². The number of hydrogen-bond acceptors (Lipinski definition) is 3. The molecule has 1 heterocycles. The molecule has 0 bridgehead atoms. The van der Waals surface area contributed by atoms with Gasteiger partial charge in [0, 0.05) is 31.9 Å². The lowest BCUT2D eigenvalue weighted by Crippen LogP contribution is -2.29. The highest BCUT2D eigenvalue weighted by molar-refractivity contribution is 7.89. The second kappa shape index (κ2) is 8.22. The number of benzene rings is 1. The first kappa shape index (κ1) is 17.6. The standard InChI is InChI=1S/C18H24N2O2S/c1-3-4-7-16-9-11-18(12-10-16)23(21,22)20(2)15-13-17-8-5-6-14-19-17/h5-6,8-12,14H,3-4,7,13,15H2,1-2H3. The maximum absolute atomic E-state index is 12.6. The first-order chi connectivity index (χ1) is 11.0. The molecule has 0 spiro atoms. The average molecular weight is 332 g/mol. The van der Waals surface area contributed by atoms with Gasteiger partial charge in [0.15, 0.2) is 0 Å². The van der Waals surface area contributed by atoms with E-state index in [1.54, 1.807) is 25.4 Å². The van der Waals surface area contributed by atoms with E-state index in [1.807, 2.05) is 30.3 Å². The molecular weight excluding hydrogens is 308 g/mol. The number of aryl methyl sites for hydroxylation is 1. The van der Waals surface area contributed by atoms with Crippen LogP contribution in [-0.2, 0) is 22.9 Å². The summed E-state index contributed by atoms with van der Waals surface area (Å²) in [4.78, 5) is 4.57. The highest BCUT2D eigenvalue weighted by atomic mass is 32.2. The van der Waals surface area contributed by atoms with Crippen molar-refractivity contribution in [1.29, 1.82) is 0 Å². The molecule has 4 nitrogen and oxygen atoms in total. The Morgan fingerprint density at radius 1 is 1.04 bits per heavy atom. The Kier molecular flexibility index (Phi) is 6.30. The second-order valence-electron chi connectivity index (χ2n) is 5.65. The highest BCUT2D eigenvalue weighted by Gasteiger charge is 2.20. The van der Waals surface area contributed by atoms with Crippen LogP contribution in [0.25, 0.3) is 0 Å². The average Bonchev–Trinajstić information content (AvgIpc) is 2.59. The number of rotatable bonds is 8. The first-order valence-corrected chi connectivity index (χ1v) is 9.43. The quantitative estimate of drug-likeness (QED) is 0.745. The van der Waals surface area contributed by atoms with Crippen molar-refractivity contribution in [2.45, 2.75) is 37.5 Å². The summed E-state index contributed by atoms with van der Waals surface area (Å²) in [5.41, 5.74) is 2.08. The predicted octanol–water partition coefficient (Wildman–Crippen LogP) is 3.29. The molecule has 0 radical (unpaired) electrons. The molecule has 0 saturated heterocycles. The monoisotopic (exact) mass is 332 g/mol. The fourth-order valence-electron chi connectivity index (χ4n) is 2.33. The van der Waals surface area contributed by atoms with Crippen molar-refractivity contribution in [3.05, 3.63) is 59.9 Å². The van der Waals surface area contributed by atoms with Crippen LogP contribution in [0.1, 0.15) is 31.0 Å². The maximum atomic E-state index is 12.6. The van der Waals surface area contributed by atoms with E-state index >= 15 is 0 Å². The van der Waals surface area contributed by atoms with Gasteiger partial charge in [0.25, 0.3) is 0 Å². The van der Waals surface area contributed by atoms with Gasteiger partial charge in [0.05, 0.1) is 4.90 Å². The summed E-state index contributed by atoms with van der Waals surface area (Å²) in [5.74, 6) is 0. The van der Waals surface area contributed by atoms with Gasteiger partial charge in [0.2, 0.25) is 10.0 Å². The zero-order chi connectivity index (χ0) is 16.7. The van der Waals surface area contributed by atoms with E-state index < -0.39 is 10.0 Å². The van der Waals surface area contributed by atoms with Crippen molar-refractivity contribution < 1.29 is 8.42 Å². The summed E-state index contributed by atoms with van der Waals surface area (Å²) in [6.45, 7) is 2.56. The Hall–Kier alpha value is -1.72.